The Morgan fingerprint density at radius 1 is 0.837 bits per heavy atom. The Labute approximate surface area is 328 Å². The molecule has 0 unspecified atom stereocenters. The van der Waals surface area contributed by atoms with Crippen LogP contribution < -0.4 is 9.86 Å². The number of nitrogens with one attached hydrogen (secondary N) is 1. The number of rotatable bonds is 14. The van der Waals surface area contributed by atoms with Gasteiger partial charge in [0.05, 0.1) is 29.2 Å². The summed E-state index contributed by atoms with van der Waals surface area (Å²) in [6.07, 6.45) is -3.33. The Balaban J connectivity index is 0.00000417. The van der Waals surface area contributed by atoms with Crippen molar-refractivity contribution in [3.8, 4) is 22.4 Å². The standard InChI is InChI=1S/C32H35F2N3O8S2.2Na.2H/c1-19(2)30-32(47(44,45)36-24-11-13-27(14-12-24)46(35,42)43)29(20-3-7-22(33)8-4-20)31(21-5-9-23(34)10-6-21)37(30)16-15-25(38)17-26(39)18-28(40)41;;;;/h3-14,19,25-26,36,38-39H,15-18H2,1-2H3,(H,40,41)(H2,35,42,43);;;;/t25-,26-;;;;/m1..../s1. The van der Waals surface area contributed by atoms with Crippen molar-refractivity contribution >= 4 is 90.8 Å². The summed E-state index contributed by atoms with van der Waals surface area (Å²) >= 11 is 0. The number of carboxylic acid groups (broad SMARTS) is 1. The maximum atomic E-state index is 14.4. The average molecular weight is 740 g/mol. The number of hydrogen-bond donors (Lipinski definition) is 5. The number of halogens is 2. The number of benzene rings is 3. The predicted molar refractivity (Wildman–Crippen MR) is 186 cm³/mol. The van der Waals surface area contributed by atoms with Crippen molar-refractivity contribution in [2.45, 2.75) is 67.6 Å². The Morgan fingerprint density at radius 3 is 1.82 bits per heavy atom. The van der Waals surface area contributed by atoms with Crippen LogP contribution in [-0.2, 0) is 31.4 Å². The van der Waals surface area contributed by atoms with Gasteiger partial charge in [-0.15, -0.1) is 0 Å². The second-order valence-electron chi connectivity index (χ2n) is 11.4. The molecule has 0 aliphatic heterocycles. The second kappa shape index (κ2) is 17.9. The van der Waals surface area contributed by atoms with Gasteiger partial charge in [-0.1, -0.05) is 26.0 Å². The van der Waals surface area contributed by atoms with Crippen LogP contribution in [0.1, 0.15) is 44.7 Å². The van der Waals surface area contributed by atoms with E-state index in [9.17, 15) is 40.6 Å². The average Bonchev–Trinajstić information content (AvgIpc) is 3.32. The Bertz CT molecular complexity index is 1960. The number of hydrogen-bond acceptors (Lipinski definition) is 7. The summed E-state index contributed by atoms with van der Waals surface area (Å²) < 4.78 is 84.6. The van der Waals surface area contributed by atoms with Crippen LogP contribution in [0.2, 0.25) is 0 Å². The first-order valence-electron chi connectivity index (χ1n) is 14.5. The van der Waals surface area contributed by atoms with Gasteiger partial charge in [-0.2, -0.15) is 0 Å². The van der Waals surface area contributed by atoms with Gasteiger partial charge < -0.3 is 19.9 Å². The van der Waals surface area contributed by atoms with Gasteiger partial charge in [0, 0.05) is 23.5 Å². The molecule has 4 rings (SSSR count). The summed E-state index contributed by atoms with van der Waals surface area (Å²) in [4.78, 5) is 10.6. The molecule has 11 nitrogen and oxygen atoms in total. The number of sulfonamides is 2. The SMILES string of the molecule is CC(C)c1c(S(=O)(=O)Nc2ccc(S(N)(=O)=O)cc2)c(-c2ccc(F)cc2)c(-c2ccc(F)cc2)n1CC[C@@H](O)C[C@@H](O)CC(=O)O.[NaH].[NaH]. The van der Waals surface area contributed by atoms with Crippen molar-refractivity contribution in [2.75, 3.05) is 4.72 Å². The van der Waals surface area contributed by atoms with Crippen LogP contribution >= 0.6 is 0 Å². The molecule has 1 heterocycles. The second-order valence-corrected chi connectivity index (χ2v) is 14.5. The molecule has 17 heteroatoms. The third-order valence-corrected chi connectivity index (χ3v) is 9.78. The Hall–Kier alpha value is -2.15. The number of carboxylic acids is 1. The van der Waals surface area contributed by atoms with Crippen molar-refractivity contribution in [3.05, 3.63) is 90.1 Å². The molecule has 0 saturated heterocycles. The van der Waals surface area contributed by atoms with Crippen LogP contribution in [0.5, 0.6) is 0 Å². The summed E-state index contributed by atoms with van der Waals surface area (Å²) in [5.74, 6) is -2.82. The van der Waals surface area contributed by atoms with Gasteiger partial charge >= 0.3 is 65.1 Å². The van der Waals surface area contributed by atoms with Gasteiger partial charge in [-0.3, -0.25) is 9.52 Å². The normalized spacial score (nSPS) is 12.9. The fourth-order valence-electron chi connectivity index (χ4n) is 5.40. The molecule has 0 spiro atoms. The molecule has 256 valence electrons. The van der Waals surface area contributed by atoms with Crippen molar-refractivity contribution in [2.24, 2.45) is 5.14 Å². The zero-order valence-corrected chi connectivity index (χ0v) is 27.1. The van der Waals surface area contributed by atoms with Gasteiger partial charge in [0.2, 0.25) is 10.0 Å². The summed E-state index contributed by atoms with van der Waals surface area (Å²) in [5.41, 5.74) is 1.52. The molecule has 0 aliphatic rings. The van der Waals surface area contributed by atoms with E-state index in [2.05, 4.69) is 4.72 Å². The molecule has 3 aromatic carbocycles. The van der Waals surface area contributed by atoms with Crippen molar-refractivity contribution in [1.82, 2.24) is 4.57 Å². The molecule has 0 aliphatic carbocycles. The molecule has 0 fully saturated rings. The van der Waals surface area contributed by atoms with Gasteiger partial charge in [0.1, 0.15) is 16.5 Å². The first-order chi connectivity index (χ1) is 22.0. The molecular formula is C32H37F2N3Na2O8S2. The van der Waals surface area contributed by atoms with Crippen LogP contribution in [-0.4, -0.2) is 114 Å². The van der Waals surface area contributed by atoms with Crippen molar-refractivity contribution in [3.63, 3.8) is 0 Å². The number of aliphatic carboxylic acids is 1. The summed E-state index contributed by atoms with van der Waals surface area (Å²) in [5, 5.41) is 35.0. The molecule has 49 heavy (non-hydrogen) atoms. The molecule has 0 radical (unpaired) electrons. The van der Waals surface area contributed by atoms with Gasteiger partial charge in [0.25, 0.3) is 10.0 Å². The van der Waals surface area contributed by atoms with Crippen LogP contribution in [0.4, 0.5) is 14.5 Å². The van der Waals surface area contributed by atoms with Gasteiger partial charge in [0.15, 0.2) is 0 Å². The molecular weight excluding hydrogens is 702 g/mol. The third kappa shape index (κ3) is 10.9. The predicted octanol–water partition coefficient (Wildman–Crippen LogP) is 3.35. The van der Waals surface area contributed by atoms with E-state index in [0.29, 0.717) is 16.8 Å². The summed E-state index contributed by atoms with van der Waals surface area (Å²) in [7, 11) is -8.55. The molecule has 1 aromatic heterocycles. The van der Waals surface area contributed by atoms with Crippen LogP contribution in [0.15, 0.2) is 82.6 Å². The van der Waals surface area contributed by atoms with E-state index in [-0.39, 0.29) is 105 Å². The van der Waals surface area contributed by atoms with E-state index in [4.69, 9.17) is 10.2 Å². The quantitative estimate of drug-likeness (QED) is 0.122. The van der Waals surface area contributed by atoms with E-state index in [1.807, 2.05) is 0 Å². The molecule has 0 amide bonds. The minimum atomic E-state index is -4.50. The number of aromatic nitrogens is 1. The zero-order chi connectivity index (χ0) is 34.7. The maximum absolute atomic E-state index is 14.4. The summed E-state index contributed by atoms with van der Waals surface area (Å²) in [6, 6.07) is 15.2. The number of primary sulfonamides is 1. The van der Waals surface area contributed by atoms with Crippen LogP contribution in [0.25, 0.3) is 22.4 Å². The number of aliphatic hydroxyl groups excluding tert-OH is 2. The van der Waals surface area contributed by atoms with Gasteiger partial charge in [-0.25, -0.2) is 30.8 Å². The monoisotopic (exact) mass is 739 g/mol. The first kappa shape index (κ1) is 43.0. The van der Waals surface area contributed by atoms with Crippen LogP contribution in [0, 0.1) is 11.6 Å². The van der Waals surface area contributed by atoms with E-state index >= 15 is 0 Å². The van der Waals surface area contributed by atoms with Crippen molar-refractivity contribution < 1.29 is 45.7 Å². The zero-order valence-electron chi connectivity index (χ0n) is 25.5. The topological polar surface area (TPSA) is 189 Å². The van der Waals surface area contributed by atoms with E-state index in [1.165, 1.54) is 60.7 Å². The Kier molecular flexibility index (Phi) is 15.7. The molecule has 0 bridgehead atoms. The fourth-order valence-corrected chi connectivity index (χ4v) is 7.57. The minimum absolute atomic E-state index is 0. The molecule has 4 aromatic rings. The van der Waals surface area contributed by atoms with Crippen LogP contribution in [0.3, 0.4) is 0 Å². The number of carbonyl (C=O) groups is 1. The van der Waals surface area contributed by atoms with Crippen molar-refractivity contribution in [1.29, 1.82) is 0 Å². The number of nitrogens with zero attached hydrogens (tertiary/aromatic N) is 1. The number of nitrogens with two attached hydrogens (primary N) is 1. The van der Waals surface area contributed by atoms with Gasteiger partial charge in [-0.05, 0) is 90.6 Å². The molecule has 2 atom stereocenters. The van der Waals surface area contributed by atoms with E-state index in [1.54, 1.807) is 18.4 Å². The van der Waals surface area contributed by atoms with E-state index < -0.39 is 62.2 Å². The Morgan fingerprint density at radius 2 is 1.35 bits per heavy atom. The third-order valence-electron chi connectivity index (χ3n) is 7.40. The fraction of sp³-hybridized carbons (Fsp3) is 0.281. The summed E-state index contributed by atoms with van der Waals surface area (Å²) in [6.45, 7) is 3.50. The first-order valence-corrected chi connectivity index (χ1v) is 17.5. The number of anilines is 1. The molecule has 6 N–H and O–H groups in total. The number of aliphatic hydroxyl groups is 2. The molecule has 0 saturated carbocycles. The van der Waals surface area contributed by atoms with E-state index in [0.717, 1.165) is 12.1 Å².